The third-order valence-corrected chi connectivity index (χ3v) is 6.45. The van der Waals surface area contributed by atoms with Crippen molar-refractivity contribution in [2.75, 3.05) is 25.4 Å². The summed E-state index contributed by atoms with van der Waals surface area (Å²) in [4.78, 5) is 6.81. The highest BCUT2D eigenvalue weighted by atomic mass is 19.1. The topological polar surface area (TPSA) is 96.9 Å². The monoisotopic (exact) mass is 477 g/mol. The van der Waals surface area contributed by atoms with Gasteiger partial charge >= 0.3 is 0 Å². The predicted molar refractivity (Wildman–Crippen MR) is 136 cm³/mol. The zero-order valence-corrected chi connectivity index (χ0v) is 20.5. The molecule has 1 aliphatic heterocycles. The van der Waals surface area contributed by atoms with Crippen LogP contribution in [-0.2, 0) is 6.54 Å². The number of halogens is 1. The molecule has 7 nitrogen and oxygen atoms in total. The number of ether oxygens (including phenoxy) is 1. The van der Waals surface area contributed by atoms with Gasteiger partial charge in [0.2, 0.25) is 0 Å². The third-order valence-electron chi connectivity index (χ3n) is 6.45. The van der Waals surface area contributed by atoms with Crippen molar-refractivity contribution < 1.29 is 14.2 Å². The van der Waals surface area contributed by atoms with E-state index in [-0.39, 0.29) is 5.69 Å². The average Bonchev–Trinajstić information content (AvgIpc) is 2.83. The number of nitrogen functional groups attached to an aromatic ring is 1. The SMILES string of the molecule is CCOc1ccc(N=C(C)c2c(C)nnc(CN3CCC(c4cccc(O)c4)CC3)c2N)c(F)c1. The van der Waals surface area contributed by atoms with Crippen LogP contribution in [0.2, 0.25) is 0 Å². The van der Waals surface area contributed by atoms with Crippen LogP contribution in [0.3, 0.4) is 0 Å². The van der Waals surface area contributed by atoms with E-state index in [1.165, 1.54) is 11.6 Å². The summed E-state index contributed by atoms with van der Waals surface area (Å²) in [5.74, 6) is 0.748. The summed E-state index contributed by atoms with van der Waals surface area (Å²) in [6.07, 6.45) is 1.99. The Hall–Kier alpha value is -3.52. The molecule has 3 aromatic rings. The number of nitrogens with zero attached hydrogens (tertiary/aromatic N) is 4. The van der Waals surface area contributed by atoms with Crippen molar-refractivity contribution in [3.8, 4) is 11.5 Å². The number of piperidine rings is 1. The Labute approximate surface area is 205 Å². The van der Waals surface area contributed by atoms with Crippen molar-refractivity contribution in [3.05, 3.63) is 70.8 Å². The van der Waals surface area contributed by atoms with Gasteiger partial charge in [-0.3, -0.25) is 4.90 Å². The van der Waals surface area contributed by atoms with E-state index in [4.69, 9.17) is 10.5 Å². The number of hydrogen-bond acceptors (Lipinski definition) is 7. The summed E-state index contributed by atoms with van der Waals surface area (Å²) in [5.41, 5.74) is 11.1. The summed E-state index contributed by atoms with van der Waals surface area (Å²) >= 11 is 0. The zero-order valence-electron chi connectivity index (χ0n) is 20.5. The number of benzene rings is 2. The van der Waals surface area contributed by atoms with E-state index < -0.39 is 5.82 Å². The molecule has 8 heteroatoms. The highest BCUT2D eigenvalue weighted by Crippen LogP contribution is 2.31. The average molecular weight is 478 g/mol. The lowest BCUT2D eigenvalue weighted by molar-refractivity contribution is 0.202. The van der Waals surface area contributed by atoms with Crippen LogP contribution in [0.5, 0.6) is 11.5 Å². The Morgan fingerprint density at radius 2 is 1.97 bits per heavy atom. The number of phenolic OH excluding ortho intramolecular Hbond substituents is 1. The Bertz CT molecular complexity index is 1220. The molecule has 3 N–H and O–H groups in total. The minimum atomic E-state index is -0.455. The van der Waals surface area contributed by atoms with E-state index in [2.05, 4.69) is 26.2 Å². The lowest BCUT2D eigenvalue weighted by atomic mass is 9.89. The Morgan fingerprint density at radius 3 is 2.66 bits per heavy atom. The molecule has 1 fully saturated rings. The minimum absolute atomic E-state index is 0.220. The van der Waals surface area contributed by atoms with Gasteiger partial charge in [0, 0.05) is 23.9 Å². The van der Waals surface area contributed by atoms with Crippen LogP contribution in [0.25, 0.3) is 0 Å². The van der Waals surface area contributed by atoms with Crippen LogP contribution in [0.4, 0.5) is 15.8 Å². The molecule has 1 saturated heterocycles. The first-order valence-electron chi connectivity index (χ1n) is 12.0. The molecule has 0 unspecified atom stereocenters. The molecule has 4 rings (SSSR count). The zero-order chi connectivity index (χ0) is 24.9. The van der Waals surface area contributed by atoms with E-state index >= 15 is 0 Å². The highest BCUT2D eigenvalue weighted by molar-refractivity contribution is 6.05. The summed E-state index contributed by atoms with van der Waals surface area (Å²) < 4.78 is 19.9. The Balaban J connectivity index is 1.49. The first-order valence-corrected chi connectivity index (χ1v) is 12.0. The number of hydrogen-bond donors (Lipinski definition) is 2. The van der Waals surface area contributed by atoms with Gasteiger partial charge in [0.1, 0.15) is 17.2 Å². The number of aromatic hydroxyl groups is 1. The first-order chi connectivity index (χ1) is 16.9. The van der Waals surface area contributed by atoms with E-state index in [1.54, 1.807) is 25.1 Å². The molecule has 0 bridgehead atoms. The van der Waals surface area contributed by atoms with E-state index in [0.29, 0.717) is 58.9 Å². The molecule has 0 aliphatic carbocycles. The van der Waals surface area contributed by atoms with Gasteiger partial charge in [0.05, 0.1) is 23.7 Å². The van der Waals surface area contributed by atoms with Crippen molar-refractivity contribution >= 4 is 17.1 Å². The lowest BCUT2D eigenvalue weighted by Gasteiger charge is -2.32. The van der Waals surface area contributed by atoms with Gasteiger partial charge in [0.15, 0.2) is 5.82 Å². The van der Waals surface area contributed by atoms with Crippen molar-refractivity contribution in [2.45, 2.75) is 46.1 Å². The second kappa shape index (κ2) is 10.8. The van der Waals surface area contributed by atoms with Crippen molar-refractivity contribution in [3.63, 3.8) is 0 Å². The second-order valence-corrected chi connectivity index (χ2v) is 8.91. The minimum Gasteiger partial charge on any atom is -0.508 e. The summed E-state index contributed by atoms with van der Waals surface area (Å²) in [7, 11) is 0. The number of anilines is 1. The smallest absolute Gasteiger partial charge is 0.152 e. The molecule has 1 aliphatic rings. The van der Waals surface area contributed by atoms with Gasteiger partial charge in [-0.25, -0.2) is 9.38 Å². The maximum Gasteiger partial charge on any atom is 0.152 e. The number of aliphatic imine (C=N–C) groups is 1. The number of phenols is 1. The van der Waals surface area contributed by atoms with Gasteiger partial charge in [-0.2, -0.15) is 10.2 Å². The fourth-order valence-corrected chi connectivity index (χ4v) is 4.64. The van der Waals surface area contributed by atoms with Gasteiger partial charge in [0.25, 0.3) is 0 Å². The summed E-state index contributed by atoms with van der Waals surface area (Å²) in [6.45, 7) is 8.34. The molecule has 35 heavy (non-hydrogen) atoms. The highest BCUT2D eigenvalue weighted by Gasteiger charge is 2.23. The van der Waals surface area contributed by atoms with Crippen molar-refractivity contribution in [1.82, 2.24) is 15.1 Å². The number of aryl methyl sites for hydroxylation is 1. The number of aromatic nitrogens is 2. The largest absolute Gasteiger partial charge is 0.508 e. The molecule has 2 aromatic carbocycles. The standard InChI is InChI=1S/C27H32FN5O2/c1-4-35-22-8-9-24(23(28)15-22)30-17(2)26-18(3)31-32-25(27(26)29)16-33-12-10-19(11-13-33)20-6-5-7-21(34)14-20/h5-9,14-15,19,34H,4,10-13,16H2,1-3H3,(H2,29,31). The number of rotatable bonds is 7. The second-order valence-electron chi connectivity index (χ2n) is 8.91. The number of nitrogens with two attached hydrogens (primary N) is 1. The van der Waals surface area contributed by atoms with E-state index in [0.717, 1.165) is 25.9 Å². The van der Waals surface area contributed by atoms with Gasteiger partial charge in [-0.15, -0.1) is 0 Å². The van der Waals surface area contributed by atoms with Crippen LogP contribution in [-0.4, -0.2) is 45.6 Å². The number of likely N-dealkylation sites (tertiary alicyclic amines) is 1. The maximum atomic E-state index is 14.5. The Kier molecular flexibility index (Phi) is 7.60. The summed E-state index contributed by atoms with van der Waals surface area (Å²) in [6, 6.07) is 12.2. The van der Waals surface area contributed by atoms with Crippen molar-refractivity contribution in [2.24, 2.45) is 4.99 Å². The quantitative estimate of drug-likeness (QED) is 0.458. The molecule has 0 saturated carbocycles. The van der Waals surface area contributed by atoms with Crippen LogP contribution < -0.4 is 10.5 Å². The van der Waals surface area contributed by atoms with Crippen LogP contribution in [0.1, 0.15) is 55.1 Å². The predicted octanol–water partition coefficient (Wildman–Crippen LogP) is 5.13. The normalized spacial score (nSPS) is 15.4. The molecule has 1 aromatic heterocycles. The van der Waals surface area contributed by atoms with E-state index in [1.807, 2.05) is 26.0 Å². The first kappa shape index (κ1) is 24.6. The maximum absolute atomic E-state index is 14.5. The fraction of sp³-hybridized carbons (Fsp3) is 0.370. The molecular weight excluding hydrogens is 445 g/mol. The van der Waals surface area contributed by atoms with Crippen molar-refractivity contribution in [1.29, 1.82) is 0 Å². The van der Waals surface area contributed by atoms with Crippen LogP contribution >= 0.6 is 0 Å². The van der Waals surface area contributed by atoms with Crippen LogP contribution in [0, 0.1) is 12.7 Å². The fourth-order valence-electron chi connectivity index (χ4n) is 4.64. The molecule has 0 atom stereocenters. The molecule has 0 spiro atoms. The van der Waals surface area contributed by atoms with Gasteiger partial charge < -0.3 is 15.6 Å². The molecule has 0 amide bonds. The molecule has 2 heterocycles. The van der Waals surface area contributed by atoms with Gasteiger partial charge in [-0.1, -0.05) is 12.1 Å². The van der Waals surface area contributed by atoms with Gasteiger partial charge in [-0.05, 0) is 82.4 Å². The Morgan fingerprint density at radius 1 is 1.20 bits per heavy atom. The van der Waals surface area contributed by atoms with Crippen LogP contribution in [0.15, 0.2) is 47.5 Å². The third kappa shape index (κ3) is 5.77. The molecule has 184 valence electrons. The molecular formula is C27H32FN5O2. The molecule has 0 radical (unpaired) electrons. The lowest BCUT2D eigenvalue weighted by Crippen LogP contribution is -2.33. The summed E-state index contributed by atoms with van der Waals surface area (Å²) in [5, 5.41) is 18.5. The van der Waals surface area contributed by atoms with E-state index in [9.17, 15) is 9.50 Å².